The Labute approximate surface area is 76.0 Å². The van der Waals surface area contributed by atoms with E-state index < -0.39 is 8.69 Å². The molecular weight excluding hydrogens is 171 g/mol. The maximum absolute atomic E-state index is 10.0. The normalized spacial score (nSPS) is 29.8. The molecule has 0 aromatic heterocycles. The smallest absolute Gasteiger partial charge is 0.148 e. The van der Waals surface area contributed by atoms with Gasteiger partial charge in [0.15, 0.2) is 0 Å². The molecule has 2 nitrogen and oxygen atoms in total. The van der Waals surface area contributed by atoms with E-state index in [0.717, 1.165) is 18.3 Å². The first-order chi connectivity index (χ1) is 5.86. The Hall–Kier alpha value is 0.0600. The highest BCUT2D eigenvalue weighted by Crippen LogP contribution is 2.34. The lowest BCUT2D eigenvalue weighted by atomic mass is 10.0. The van der Waals surface area contributed by atoms with Crippen LogP contribution in [-0.2, 0) is 9.09 Å². The van der Waals surface area contributed by atoms with Gasteiger partial charge in [0, 0.05) is 0 Å². The van der Waals surface area contributed by atoms with E-state index in [4.69, 9.17) is 4.52 Å². The van der Waals surface area contributed by atoms with Gasteiger partial charge in [0.05, 0.1) is 0 Å². The first-order valence-corrected chi connectivity index (χ1v) is 5.67. The Morgan fingerprint density at radius 3 is 2.75 bits per heavy atom. The zero-order chi connectivity index (χ0) is 8.81. The molecule has 0 heterocycles. The van der Waals surface area contributed by atoms with Gasteiger partial charge in [-0.05, 0) is 29.2 Å². The summed E-state index contributed by atoms with van der Waals surface area (Å²) in [5.41, 5.74) is 0. The highest BCUT2D eigenvalue weighted by molar-refractivity contribution is 7.17. The molecular formula is C9H18O2P+. The van der Waals surface area contributed by atoms with Crippen molar-refractivity contribution >= 4 is 8.69 Å². The van der Waals surface area contributed by atoms with Gasteiger partial charge in [-0.15, -0.1) is 4.52 Å². The molecule has 0 aliphatic heterocycles. The molecule has 0 N–H and O–H groups in total. The van der Waals surface area contributed by atoms with Crippen LogP contribution in [0.4, 0.5) is 0 Å². The molecule has 1 saturated carbocycles. The Kier molecular flexibility index (Phi) is 4.79. The van der Waals surface area contributed by atoms with E-state index in [2.05, 4.69) is 6.92 Å². The molecule has 0 amide bonds. The molecule has 1 aliphatic rings. The van der Waals surface area contributed by atoms with Crippen LogP contribution >= 0.6 is 8.69 Å². The van der Waals surface area contributed by atoms with E-state index in [1.165, 1.54) is 25.7 Å². The van der Waals surface area contributed by atoms with Crippen molar-refractivity contribution in [1.82, 2.24) is 0 Å². The summed E-state index contributed by atoms with van der Waals surface area (Å²) in [4.78, 5) is 0. The van der Waals surface area contributed by atoms with Crippen molar-refractivity contribution in [3.63, 3.8) is 0 Å². The summed E-state index contributed by atoms with van der Waals surface area (Å²) in [5.74, 6) is 1.79. The summed E-state index contributed by atoms with van der Waals surface area (Å²) in [5, 5.41) is 0. The second kappa shape index (κ2) is 5.66. The fourth-order valence-corrected chi connectivity index (χ4v) is 2.28. The van der Waals surface area contributed by atoms with Gasteiger partial charge in [-0.1, -0.05) is 26.2 Å². The zero-order valence-electron chi connectivity index (χ0n) is 7.71. The van der Waals surface area contributed by atoms with Crippen LogP contribution in [0.5, 0.6) is 0 Å². The minimum Gasteiger partial charge on any atom is -0.148 e. The van der Waals surface area contributed by atoms with Crippen molar-refractivity contribution in [3.05, 3.63) is 0 Å². The average Bonchev–Trinajstić information content (AvgIpc) is 2.53. The molecule has 0 saturated heterocycles. The average molecular weight is 189 g/mol. The van der Waals surface area contributed by atoms with E-state index in [1.54, 1.807) is 0 Å². The third kappa shape index (κ3) is 3.20. The Balaban J connectivity index is 2.06. The fourth-order valence-electron chi connectivity index (χ4n) is 2.08. The topological polar surface area (TPSA) is 26.3 Å². The van der Waals surface area contributed by atoms with Crippen LogP contribution < -0.4 is 0 Å². The van der Waals surface area contributed by atoms with Gasteiger partial charge in [0.2, 0.25) is 0 Å². The van der Waals surface area contributed by atoms with Crippen molar-refractivity contribution < 1.29 is 9.09 Å². The van der Waals surface area contributed by atoms with E-state index in [0.29, 0.717) is 6.61 Å². The van der Waals surface area contributed by atoms with Crippen LogP contribution in [0, 0.1) is 11.8 Å². The minimum absolute atomic E-state index is 0.575. The van der Waals surface area contributed by atoms with Gasteiger partial charge in [-0.3, -0.25) is 0 Å². The van der Waals surface area contributed by atoms with Crippen molar-refractivity contribution in [3.8, 4) is 0 Å². The van der Waals surface area contributed by atoms with Gasteiger partial charge in [0.25, 0.3) is 0 Å². The van der Waals surface area contributed by atoms with Crippen LogP contribution in [0.1, 0.15) is 39.0 Å². The molecule has 0 aromatic carbocycles. The van der Waals surface area contributed by atoms with Gasteiger partial charge >= 0.3 is 8.69 Å². The SMILES string of the molecule is CCC1CCC(CCO[PH+]=O)C1. The summed E-state index contributed by atoms with van der Waals surface area (Å²) in [6, 6.07) is 0. The summed E-state index contributed by atoms with van der Waals surface area (Å²) >= 11 is 0. The highest BCUT2D eigenvalue weighted by Gasteiger charge is 2.22. The lowest BCUT2D eigenvalue weighted by molar-refractivity contribution is 0.296. The summed E-state index contributed by atoms with van der Waals surface area (Å²) < 4.78 is 14.9. The van der Waals surface area contributed by atoms with E-state index >= 15 is 0 Å². The Morgan fingerprint density at radius 1 is 1.42 bits per heavy atom. The van der Waals surface area contributed by atoms with E-state index in [1.807, 2.05) is 0 Å². The maximum atomic E-state index is 10.0. The van der Waals surface area contributed by atoms with Gasteiger partial charge in [-0.25, -0.2) is 0 Å². The zero-order valence-corrected chi connectivity index (χ0v) is 8.71. The van der Waals surface area contributed by atoms with E-state index in [9.17, 15) is 4.57 Å². The second-order valence-electron chi connectivity index (χ2n) is 3.67. The minimum atomic E-state index is -0.575. The molecule has 0 bridgehead atoms. The number of hydrogen-bond acceptors (Lipinski definition) is 2. The van der Waals surface area contributed by atoms with Crippen LogP contribution in [0.3, 0.4) is 0 Å². The summed E-state index contributed by atoms with van der Waals surface area (Å²) in [7, 11) is -0.575. The Bertz CT molecular complexity index is 138. The van der Waals surface area contributed by atoms with Crippen molar-refractivity contribution in [2.45, 2.75) is 39.0 Å². The van der Waals surface area contributed by atoms with Crippen molar-refractivity contribution in [2.75, 3.05) is 6.61 Å². The van der Waals surface area contributed by atoms with Gasteiger partial charge in [0.1, 0.15) is 6.61 Å². The maximum Gasteiger partial charge on any atom is 0.494 e. The molecule has 1 rings (SSSR count). The van der Waals surface area contributed by atoms with Crippen LogP contribution in [0.25, 0.3) is 0 Å². The third-order valence-corrected chi connectivity index (χ3v) is 3.24. The van der Waals surface area contributed by atoms with Gasteiger partial charge in [-0.2, -0.15) is 0 Å². The molecule has 0 aromatic rings. The molecule has 3 atom stereocenters. The molecule has 1 fully saturated rings. The lowest BCUT2D eigenvalue weighted by Gasteiger charge is -2.06. The van der Waals surface area contributed by atoms with Gasteiger partial charge < -0.3 is 0 Å². The standard InChI is InChI=1S/C9H18O2P/c1-2-8-3-4-9(7-8)5-6-11-12-10/h8-9,12H,2-7H2,1H3/q+1. The predicted molar refractivity (Wildman–Crippen MR) is 50.7 cm³/mol. The quantitative estimate of drug-likeness (QED) is 0.490. The highest BCUT2D eigenvalue weighted by atomic mass is 31.1. The molecule has 0 radical (unpaired) electrons. The van der Waals surface area contributed by atoms with Crippen LogP contribution in [0.2, 0.25) is 0 Å². The number of hydrogen-bond donors (Lipinski definition) is 0. The molecule has 0 spiro atoms. The number of rotatable bonds is 5. The molecule has 12 heavy (non-hydrogen) atoms. The lowest BCUT2D eigenvalue weighted by Crippen LogP contribution is -1.99. The molecule has 3 unspecified atom stereocenters. The Morgan fingerprint density at radius 2 is 2.17 bits per heavy atom. The summed E-state index contributed by atoms with van der Waals surface area (Å²) in [6.07, 6.45) is 6.53. The monoisotopic (exact) mass is 189 g/mol. The largest absolute Gasteiger partial charge is 0.494 e. The first-order valence-electron chi connectivity index (χ1n) is 4.85. The van der Waals surface area contributed by atoms with Crippen LogP contribution in [0.15, 0.2) is 0 Å². The first kappa shape index (κ1) is 10.1. The third-order valence-electron chi connectivity index (χ3n) is 2.91. The molecule has 70 valence electrons. The van der Waals surface area contributed by atoms with E-state index in [-0.39, 0.29) is 0 Å². The predicted octanol–water partition coefficient (Wildman–Crippen LogP) is 3.16. The second-order valence-corrected chi connectivity index (χ2v) is 4.13. The molecule has 1 aliphatic carbocycles. The van der Waals surface area contributed by atoms with Crippen molar-refractivity contribution in [1.29, 1.82) is 0 Å². The fraction of sp³-hybridized carbons (Fsp3) is 1.00. The summed E-state index contributed by atoms with van der Waals surface area (Å²) in [6.45, 7) is 2.95. The van der Waals surface area contributed by atoms with Crippen molar-refractivity contribution in [2.24, 2.45) is 11.8 Å². The van der Waals surface area contributed by atoms with Crippen LogP contribution in [-0.4, -0.2) is 6.61 Å². The molecule has 3 heteroatoms.